The van der Waals surface area contributed by atoms with E-state index in [2.05, 4.69) is 20.2 Å². The van der Waals surface area contributed by atoms with Crippen LogP contribution in [0.1, 0.15) is 5.56 Å². The molecule has 0 saturated carbocycles. The highest BCUT2D eigenvalue weighted by atomic mass is 16.3. The summed E-state index contributed by atoms with van der Waals surface area (Å²) in [7, 11) is 0. The fourth-order valence-electron chi connectivity index (χ4n) is 1.91. The van der Waals surface area contributed by atoms with Crippen molar-refractivity contribution in [2.75, 3.05) is 0 Å². The van der Waals surface area contributed by atoms with Crippen LogP contribution < -0.4 is 5.56 Å². The summed E-state index contributed by atoms with van der Waals surface area (Å²) in [6.07, 6.45) is 0. The van der Waals surface area contributed by atoms with Gasteiger partial charge in [0.1, 0.15) is 5.75 Å². The molecule has 0 atom stereocenters. The number of aromatic amines is 1. The summed E-state index contributed by atoms with van der Waals surface area (Å²) in [6, 6.07) is 13.7. The van der Waals surface area contributed by atoms with Crippen LogP contribution in [0.5, 0.6) is 5.75 Å². The molecule has 0 amide bonds. The lowest BCUT2D eigenvalue weighted by atomic mass is 10.2. The average molecular weight is 280 g/mol. The molecule has 0 radical (unpaired) electrons. The maximum Gasteiger partial charge on any atom is 0.260 e. The Bertz CT molecular complexity index is 853. The average Bonchev–Trinajstić information content (AvgIpc) is 2.49. The summed E-state index contributed by atoms with van der Waals surface area (Å²) in [5.41, 5.74) is 1.25. The summed E-state index contributed by atoms with van der Waals surface area (Å²) in [5.74, 6) is 0.383. The Morgan fingerprint density at radius 2 is 1.86 bits per heavy atom. The van der Waals surface area contributed by atoms with E-state index in [1.165, 1.54) is 0 Å². The second kappa shape index (κ2) is 5.54. The van der Waals surface area contributed by atoms with Gasteiger partial charge in [0.05, 0.1) is 17.4 Å². The van der Waals surface area contributed by atoms with Gasteiger partial charge in [-0.25, -0.2) is 4.98 Å². The van der Waals surface area contributed by atoms with Gasteiger partial charge < -0.3 is 5.11 Å². The van der Waals surface area contributed by atoms with Crippen molar-refractivity contribution in [1.82, 2.24) is 9.97 Å². The summed E-state index contributed by atoms with van der Waals surface area (Å²) >= 11 is 0. The highest BCUT2D eigenvalue weighted by Crippen LogP contribution is 2.13. The molecule has 1 heterocycles. The molecule has 0 unspecified atom stereocenters. The number of hydrogen-bond acceptors (Lipinski definition) is 5. The van der Waals surface area contributed by atoms with Gasteiger partial charge in [0.25, 0.3) is 5.56 Å². The Balaban J connectivity index is 1.83. The van der Waals surface area contributed by atoms with Gasteiger partial charge in [0.15, 0.2) is 0 Å². The standard InChI is InChI=1S/C15H12N4O2/c20-11-7-5-10(6-8-11)9-16-19-15-17-13-4-2-1-3-12(13)14(21)18-15/h1-8,20H,9H2,(H,17,18,21). The molecule has 2 N–H and O–H groups in total. The first kappa shape index (κ1) is 13.0. The molecule has 0 spiro atoms. The minimum absolute atomic E-state index is 0.178. The van der Waals surface area contributed by atoms with E-state index >= 15 is 0 Å². The SMILES string of the molecule is O=c1[nH]c(N=NCc2ccc(O)cc2)nc2ccccc12. The van der Waals surface area contributed by atoms with Gasteiger partial charge in [0, 0.05) is 0 Å². The lowest BCUT2D eigenvalue weighted by Gasteiger charge is -1.98. The highest BCUT2D eigenvalue weighted by molar-refractivity contribution is 5.77. The summed E-state index contributed by atoms with van der Waals surface area (Å²) in [6.45, 7) is 0.344. The van der Waals surface area contributed by atoms with Gasteiger partial charge in [-0.2, -0.15) is 5.11 Å². The highest BCUT2D eigenvalue weighted by Gasteiger charge is 2.01. The van der Waals surface area contributed by atoms with Crippen molar-refractivity contribution in [1.29, 1.82) is 0 Å². The van der Waals surface area contributed by atoms with E-state index in [9.17, 15) is 9.90 Å². The van der Waals surface area contributed by atoms with E-state index in [1.807, 2.05) is 6.07 Å². The molecule has 0 saturated heterocycles. The molecular weight excluding hydrogens is 268 g/mol. The fourth-order valence-corrected chi connectivity index (χ4v) is 1.91. The summed E-state index contributed by atoms with van der Waals surface area (Å²) in [5, 5.41) is 17.6. The number of nitrogens with one attached hydrogen (secondary N) is 1. The largest absolute Gasteiger partial charge is 0.508 e. The molecule has 0 aliphatic rings. The quantitative estimate of drug-likeness (QED) is 0.723. The Morgan fingerprint density at radius 1 is 1.10 bits per heavy atom. The summed E-state index contributed by atoms with van der Waals surface area (Å²) in [4.78, 5) is 18.6. The monoisotopic (exact) mass is 280 g/mol. The number of H-pyrrole nitrogens is 1. The van der Waals surface area contributed by atoms with E-state index < -0.39 is 0 Å². The lowest BCUT2D eigenvalue weighted by Crippen LogP contribution is -2.06. The first-order chi connectivity index (χ1) is 10.2. The van der Waals surface area contributed by atoms with Gasteiger partial charge >= 0.3 is 0 Å². The smallest absolute Gasteiger partial charge is 0.260 e. The molecule has 0 fully saturated rings. The third kappa shape index (κ3) is 2.94. The van der Waals surface area contributed by atoms with Crippen molar-refractivity contribution >= 4 is 16.9 Å². The van der Waals surface area contributed by atoms with Crippen molar-refractivity contribution in [2.45, 2.75) is 6.54 Å². The molecular formula is C15H12N4O2. The maximum absolute atomic E-state index is 11.8. The molecule has 0 bridgehead atoms. The molecule has 3 rings (SSSR count). The zero-order chi connectivity index (χ0) is 14.7. The van der Waals surface area contributed by atoms with Crippen molar-refractivity contribution in [2.24, 2.45) is 10.2 Å². The molecule has 21 heavy (non-hydrogen) atoms. The minimum atomic E-state index is -0.237. The Morgan fingerprint density at radius 3 is 2.67 bits per heavy atom. The second-order valence-electron chi connectivity index (χ2n) is 4.47. The van der Waals surface area contributed by atoms with Gasteiger partial charge in [0.2, 0.25) is 5.95 Å². The minimum Gasteiger partial charge on any atom is -0.508 e. The molecule has 0 aliphatic carbocycles. The van der Waals surface area contributed by atoms with Crippen LogP contribution in [0.25, 0.3) is 10.9 Å². The van der Waals surface area contributed by atoms with Gasteiger partial charge in [-0.05, 0) is 29.8 Å². The number of phenolic OH excluding ortho intramolecular Hbond substituents is 1. The van der Waals surface area contributed by atoms with Crippen LogP contribution in [0.15, 0.2) is 63.6 Å². The lowest BCUT2D eigenvalue weighted by molar-refractivity contribution is 0.475. The second-order valence-corrected chi connectivity index (χ2v) is 4.47. The van der Waals surface area contributed by atoms with E-state index in [0.29, 0.717) is 17.4 Å². The van der Waals surface area contributed by atoms with Crippen molar-refractivity contribution in [3.05, 3.63) is 64.4 Å². The number of rotatable bonds is 3. The Labute approximate surface area is 119 Å². The number of benzene rings is 2. The van der Waals surface area contributed by atoms with E-state index in [1.54, 1.807) is 42.5 Å². The number of phenols is 1. The van der Waals surface area contributed by atoms with E-state index in [4.69, 9.17) is 0 Å². The molecule has 6 heteroatoms. The van der Waals surface area contributed by atoms with Crippen LogP contribution in [0.3, 0.4) is 0 Å². The number of nitrogens with zero attached hydrogens (tertiary/aromatic N) is 3. The Kier molecular flexibility index (Phi) is 3.42. The predicted molar refractivity (Wildman–Crippen MR) is 78.7 cm³/mol. The molecule has 3 aromatic rings. The third-order valence-electron chi connectivity index (χ3n) is 2.96. The number of fused-ring (bicyclic) bond motifs is 1. The van der Waals surface area contributed by atoms with Crippen LogP contribution in [0.4, 0.5) is 5.95 Å². The molecule has 2 aromatic carbocycles. The van der Waals surface area contributed by atoms with E-state index in [-0.39, 0.29) is 17.3 Å². The first-order valence-corrected chi connectivity index (χ1v) is 6.37. The number of para-hydroxylation sites is 1. The van der Waals surface area contributed by atoms with Crippen LogP contribution in [-0.2, 0) is 6.54 Å². The van der Waals surface area contributed by atoms with Crippen LogP contribution in [-0.4, -0.2) is 15.1 Å². The third-order valence-corrected chi connectivity index (χ3v) is 2.96. The van der Waals surface area contributed by atoms with Crippen molar-refractivity contribution < 1.29 is 5.11 Å². The van der Waals surface area contributed by atoms with Gasteiger partial charge in [-0.15, -0.1) is 5.11 Å². The fraction of sp³-hybridized carbons (Fsp3) is 0.0667. The summed E-state index contributed by atoms with van der Waals surface area (Å²) < 4.78 is 0. The first-order valence-electron chi connectivity index (χ1n) is 6.37. The van der Waals surface area contributed by atoms with E-state index in [0.717, 1.165) is 5.56 Å². The van der Waals surface area contributed by atoms with Crippen LogP contribution in [0.2, 0.25) is 0 Å². The normalized spacial score (nSPS) is 11.2. The van der Waals surface area contributed by atoms with Crippen LogP contribution >= 0.6 is 0 Å². The molecule has 104 valence electrons. The predicted octanol–water partition coefficient (Wildman–Crippen LogP) is 2.91. The number of aromatic hydroxyl groups is 1. The number of hydrogen-bond donors (Lipinski definition) is 2. The van der Waals surface area contributed by atoms with Crippen molar-refractivity contribution in [3.63, 3.8) is 0 Å². The van der Waals surface area contributed by atoms with Crippen molar-refractivity contribution in [3.8, 4) is 5.75 Å². The number of azo groups is 1. The Hall–Kier alpha value is -3.02. The zero-order valence-electron chi connectivity index (χ0n) is 11.0. The van der Waals surface area contributed by atoms with Gasteiger partial charge in [-0.3, -0.25) is 9.78 Å². The molecule has 6 nitrogen and oxygen atoms in total. The number of aromatic nitrogens is 2. The van der Waals surface area contributed by atoms with Gasteiger partial charge in [-0.1, -0.05) is 24.3 Å². The van der Waals surface area contributed by atoms with Crippen LogP contribution in [0, 0.1) is 0 Å². The topological polar surface area (TPSA) is 90.7 Å². The zero-order valence-corrected chi connectivity index (χ0v) is 11.0. The molecule has 0 aliphatic heterocycles. The maximum atomic E-state index is 11.8. The molecule has 1 aromatic heterocycles.